The highest BCUT2D eigenvalue weighted by molar-refractivity contribution is 9.10. The van der Waals surface area contributed by atoms with E-state index in [4.69, 9.17) is 4.74 Å². The molecule has 1 aliphatic rings. The molecule has 0 N–H and O–H groups in total. The third kappa shape index (κ3) is 2.32. The number of benzene rings is 1. The average Bonchev–Trinajstić information content (AvgIpc) is 2.18. The monoisotopic (exact) mass is 287 g/mol. The normalized spacial score (nSPS) is 14.9. The third-order valence-electron chi connectivity index (χ3n) is 2.52. The van der Waals surface area contributed by atoms with E-state index in [0.29, 0.717) is 18.3 Å². The van der Waals surface area contributed by atoms with Gasteiger partial charge in [-0.2, -0.15) is 0 Å². The number of hydrogen-bond donors (Lipinski definition) is 0. The lowest BCUT2D eigenvalue weighted by Gasteiger charge is -2.32. The number of ether oxygens (including phenoxy) is 1. The first kappa shape index (κ1) is 11.7. The zero-order valence-corrected chi connectivity index (χ0v) is 11.1. The maximum atomic E-state index is 13.7. The molecular formula is C12H15BrFNO. The standard InChI is InChI=1S/C12H15BrFNO/c1-8(2)7-15-3-4-16-12-10(14)5-9(13)6-11(12)15/h5-6,8H,3-4,7H2,1-2H3. The second kappa shape index (κ2) is 4.62. The average molecular weight is 288 g/mol. The van der Waals surface area contributed by atoms with Crippen LogP contribution < -0.4 is 9.64 Å². The summed E-state index contributed by atoms with van der Waals surface area (Å²) in [5.41, 5.74) is 0.854. The maximum absolute atomic E-state index is 13.7. The zero-order chi connectivity index (χ0) is 11.7. The predicted octanol–water partition coefficient (Wildman–Crippen LogP) is 3.44. The lowest BCUT2D eigenvalue weighted by molar-refractivity contribution is 0.289. The third-order valence-corrected chi connectivity index (χ3v) is 2.98. The fraction of sp³-hybridized carbons (Fsp3) is 0.500. The van der Waals surface area contributed by atoms with Gasteiger partial charge in [0.1, 0.15) is 6.61 Å². The summed E-state index contributed by atoms with van der Waals surface area (Å²) in [4.78, 5) is 2.18. The van der Waals surface area contributed by atoms with E-state index in [1.54, 1.807) is 0 Å². The molecule has 0 aliphatic carbocycles. The number of fused-ring (bicyclic) bond motifs is 1. The molecule has 1 aromatic rings. The maximum Gasteiger partial charge on any atom is 0.178 e. The molecule has 1 aliphatic heterocycles. The Balaban J connectivity index is 2.37. The molecule has 2 rings (SSSR count). The summed E-state index contributed by atoms with van der Waals surface area (Å²) in [6, 6.07) is 3.36. The van der Waals surface area contributed by atoms with Gasteiger partial charge in [-0.05, 0) is 18.1 Å². The van der Waals surface area contributed by atoms with Gasteiger partial charge in [0, 0.05) is 11.0 Å². The van der Waals surface area contributed by atoms with Gasteiger partial charge in [-0.25, -0.2) is 4.39 Å². The first-order valence-corrected chi connectivity index (χ1v) is 6.24. The van der Waals surface area contributed by atoms with Crippen LogP contribution in [0.25, 0.3) is 0 Å². The molecule has 16 heavy (non-hydrogen) atoms. The number of anilines is 1. The Bertz CT molecular complexity index is 395. The topological polar surface area (TPSA) is 12.5 Å². The zero-order valence-electron chi connectivity index (χ0n) is 9.46. The van der Waals surface area contributed by atoms with E-state index in [1.165, 1.54) is 6.07 Å². The van der Waals surface area contributed by atoms with Crippen LogP contribution in [0, 0.1) is 11.7 Å². The van der Waals surface area contributed by atoms with Crippen molar-refractivity contribution in [3.63, 3.8) is 0 Å². The van der Waals surface area contributed by atoms with Gasteiger partial charge in [0.2, 0.25) is 0 Å². The van der Waals surface area contributed by atoms with Crippen molar-refractivity contribution in [3.8, 4) is 5.75 Å². The first-order valence-electron chi connectivity index (χ1n) is 5.44. The highest BCUT2D eigenvalue weighted by atomic mass is 79.9. The molecule has 0 bridgehead atoms. The van der Waals surface area contributed by atoms with Crippen molar-refractivity contribution < 1.29 is 9.13 Å². The van der Waals surface area contributed by atoms with Crippen LogP contribution in [0.1, 0.15) is 13.8 Å². The highest BCUT2D eigenvalue weighted by Gasteiger charge is 2.22. The molecule has 0 atom stereocenters. The lowest BCUT2D eigenvalue weighted by Crippen LogP contribution is -2.35. The van der Waals surface area contributed by atoms with Gasteiger partial charge >= 0.3 is 0 Å². The molecule has 0 aromatic heterocycles. The van der Waals surface area contributed by atoms with Gasteiger partial charge in [-0.1, -0.05) is 29.8 Å². The summed E-state index contributed by atoms with van der Waals surface area (Å²) < 4.78 is 19.8. The summed E-state index contributed by atoms with van der Waals surface area (Å²) in [5.74, 6) is 0.640. The molecule has 0 saturated heterocycles. The molecule has 0 unspecified atom stereocenters. The minimum atomic E-state index is -0.294. The molecule has 0 spiro atoms. The fourth-order valence-electron chi connectivity index (χ4n) is 1.93. The second-order valence-corrected chi connectivity index (χ2v) is 5.34. The summed E-state index contributed by atoms with van der Waals surface area (Å²) >= 11 is 3.31. The highest BCUT2D eigenvalue weighted by Crippen LogP contribution is 2.37. The van der Waals surface area contributed by atoms with Crippen LogP contribution in [0.2, 0.25) is 0 Å². The van der Waals surface area contributed by atoms with Gasteiger partial charge in [0.25, 0.3) is 0 Å². The predicted molar refractivity (Wildman–Crippen MR) is 66.6 cm³/mol. The van der Waals surface area contributed by atoms with Crippen LogP contribution in [0.3, 0.4) is 0 Å². The van der Waals surface area contributed by atoms with Crippen LogP contribution in [0.15, 0.2) is 16.6 Å². The SMILES string of the molecule is CC(C)CN1CCOc2c(F)cc(Br)cc21. The van der Waals surface area contributed by atoms with Gasteiger partial charge < -0.3 is 9.64 Å². The Morgan fingerprint density at radius 2 is 2.25 bits per heavy atom. The number of nitrogens with zero attached hydrogens (tertiary/aromatic N) is 1. The van der Waals surface area contributed by atoms with E-state index in [0.717, 1.165) is 23.2 Å². The lowest BCUT2D eigenvalue weighted by atomic mass is 10.1. The summed E-state index contributed by atoms with van der Waals surface area (Å²) in [7, 11) is 0. The van der Waals surface area contributed by atoms with Crippen molar-refractivity contribution in [1.82, 2.24) is 0 Å². The van der Waals surface area contributed by atoms with E-state index in [-0.39, 0.29) is 5.82 Å². The molecule has 0 amide bonds. The Morgan fingerprint density at radius 3 is 2.94 bits per heavy atom. The molecule has 1 aromatic carbocycles. The van der Waals surface area contributed by atoms with Crippen LogP contribution in [0.4, 0.5) is 10.1 Å². The van der Waals surface area contributed by atoms with Crippen LogP contribution >= 0.6 is 15.9 Å². The summed E-state index contributed by atoms with van der Waals surface area (Å²) in [5, 5.41) is 0. The Labute approximate surface area is 104 Å². The first-order chi connectivity index (χ1) is 7.58. The fourth-order valence-corrected chi connectivity index (χ4v) is 2.35. The van der Waals surface area contributed by atoms with E-state index in [9.17, 15) is 4.39 Å². The van der Waals surface area contributed by atoms with Crippen LogP contribution in [-0.4, -0.2) is 19.7 Å². The number of hydrogen-bond acceptors (Lipinski definition) is 2. The Kier molecular flexibility index (Phi) is 3.38. The second-order valence-electron chi connectivity index (χ2n) is 4.42. The van der Waals surface area contributed by atoms with Crippen molar-refractivity contribution in [2.75, 3.05) is 24.6 Å². The largest absolute Gasteiger partial charge is 0.486 e. The smallest absolute Gasteiger partial charge is 0.178 e. The van der Waals surface area contributed by atoms with Crippen molar-refractivity contribution in [2.45, 2.75) is 13.8 Å². The quantitative estimate of drug-likeness (QED) is 0.826. The van der Waals surface area contributed by atoms with Crippen molar-refractivity contribution in [3.05, 3.63) is 22.4 Å². The van der Waals surface area contributed by atoms with Crippen molar-refractivity contribution >= 4 is 21.6 Å². The number of rotatable bonds is 2. The molecule has 0 saturated carbocycles. The van der Waals surface area contributed by atoms with Gasteiger partial charge in [-0.3, -0.25) is 0 Å². The van der Waals surface area contributed by atoms with Crippen molar-refractivity contribution in [2.24, 2.45) is 5.92 Å². The molecule has 2 nitrogen and oxygen atoms in total. The molecule has 1 heterocycles. The summed E-state index contributed by atoms with van der Waals surface area (Å²) in [6.07, 6.45) is 0. The Morgan fingerprint density at radius 1 is 1.50 bits per heavy atom. The van der Waals surface area contributed by atoms with E-state index < -0.39 is 0 Å². The van der Waals surface area contributed by atoms with Gasteiger partial charge in [0.05, 0.1) is 12.2 Å². The van der Waals surface area contributed by atoms with Crippen LogP contribution in [0.5, 0.6) is 5.75 Å². The van der Waals surface area contributed by atoms with E-state index in [1.807, 2.05) is 6.07 Å². The van der Waals surface area contributed by atoms with Gasteiger partial charge in [0.15, 0.2) is 11.6 Å². The number of halogens is 2. The Hall–Kier alpha value is -0.770. The molecule has 0 radical (unpaired) electrons. The van der Waals surface area contributed by atoms with Crippen molar-refractivity contribution in [1.29, 1.82) is 0 Å². The van der Waals surface area contributed by atoms with E-state index in [2.05, 4.69) is 34.7 Å². The molecule has 88 valence electrons. The summed E-state index contributed by atoms with van der Waals surface area (Å²) in [6.45, 7) is 6.61. The van der Waals surface area contributed by atoms with Gasteiger partial charge in [-0.15, -0.1) is 0 Å². The van der Waals surface area contributed by atoms with E-state index >= 15 is 0 Å². The van der Waals surface area contributed by atoms with Crippen LogP contribution in [-0.2, 0) is 0 Å². The minimum absolute atomic E-state index is 0.294. The molecule has 0 fully saturated rings. The minimum Gasteiger partial charge on any atom is -0.486 e. The molecule has 4 heteroatoms. The molecular weight excluding hydrogens is 273 g/mol.